The van der Waals surface area contributed by atoms with Gasteiger partial charge in [0, 0.05) is 29.7 Å². The molecule has 0 saturated carbocycles. The smallest absolute Gasteiger partial charge is 0.262 e. The highest BCUT2D eigenvalue weighted by molar-refractivity contribution is 5.64. The molecule has 0 aliphatic heterocycles. The van der Waals surface area contributed by atoms with E-state index in [1.54, 1.807) is 23.0 Å². The van der Waals surface area contributed by atoms with E-state index in [4.69, 9.17) is 0 Å². The summed E-state index contributed by atoms with van der Waals surface area (Å²) in [5.41, 5.74) is 2.38. The van der Waals surface area contributed by atoms with Gasteiger partial charge in [-0.1, -0.05) is 32.0 Å². The van der Waals surface area contributed by atoms with E-state index in [0.29, 0.717) is 11.3 Å². The topological polar surface area (TPSA) is 55.1 Å². The molecular weight excluding hydrogens is 288 g/mol. The van der Waals surface area contributed by atoms with Crippen molar-refractivity contribution in [2.24, 2.45) is 0 Å². The Hall–Kier alpha value is -2.88. The maximum Gasteiger partial charge on any atom is 0.262 e. The number of aromatic hydroxyl groups is 1. The molecule has 0 fully saturated rings. The molecular formula is C19H18N2O2. The largest absolute Gasteiger partial charge is 0.507 e. The van der Waals surface area contributed by atoms with Crippen LogP contribution in [-0.4, -0.2) is 14.7 Å². The molecule has 2 aromatic heterocycles. The van der Waals surface area contributed by atoms with Crippen LogP contribution in [0.25, 0.3) is 16.9 Å². The molecule has 4 heteroatoms. The van der Waals surface area contributed by atoms with Gasteiger partial charge in [0.2, 0.25) is 0 Å². The third kappa shape index (κ3) is 2.75. The summed E-state index contributed by atoms with van der Waals surface area (Å²) >= 11 is 0. The normalized spacial score (nSPS) is 10.9. The monoisotopic (exact) mass is 306 g/mol. The van der Waals surface area contributed by atoms with Crippen LogP contribution >= 0.6 is 0 Å². The molecule has 0 unspecified atom stereocenters. The second-order valence-electron chi connectivity index (χ2n) is 5.70. The highest BCUT2D eigenvalue weighted by Crippen LogP contribution is 2.29. The van der Waals surface area contributed by atoms with Crippen LogP contribution in [-0.2, 0) is 0 Å². The minimum Gasteiger partial charge on any atom is -0.507 e. The Kier molecular flexibility index (Phi) is 3.98. The lowest BCUT2D eigenvalue weighted by molar-refractivity contribution is 0.461. The fourth-order valence-electron chi connectivity index (χ4n) is 2.71. The van der Waals surface area contributed by atoms with Crippen LogP contribution in [0, 0.1) is 0 Å². The van der Waals surface area contributed by atoms with Crippen LogP contribution in [0.1, 0.15) is 25.3 Å². The molecule has 0 spiro atoms. The van der Waals surface area contributed by atoms with Gasteiger partial charge in [-0.2, -0.15) is 0 Å². The maximum atomic E-state index is 13.0. The summed E-state index contributed by atoms with van der Waals surface area (Å²) in [6.07, 6.45) is 3.36. The minimum atomic E-state index is -0.204. The number of aromatic nitrogens is 2. The first-order chi connectivity index (χ1) is 11.1. The lowest BCUT2D eigenvalue weighted by Crippen LogP contribution is -2.24. The minimum absolute atomic E-state index is 0.0241. The Morgan fingerprint density at radius 3 is 2.43 bits per heavy atom. The first-order valence-electron chi connectivity index (χ1n) is 7.54. The first-order valence-corrected chi connectivity index (χ1v) is 7.54. The Morgan fingerprint density at radius 2 is 1.83 bits per heavy atom. The van der Waals surface area contributed by atoms with Gasteiger partial charge in [-0.15, -0.1) is 0 Å². The lowest BCUT2D eigenvalue weighted by atomic mass is 10.0. The van der Waals surface area contributed by atoms with Crippen LogP contribution < -0.4 is 5.56 Å². The number of hydrogen-bond acceptors (Lipinski definition) is 3. The van der Waals surface area contributed by atoms with Crippen LogP contribution in [0.4, 0.5) is 0 Å². The average Bonchev–Trinajstić information content (AvgIpc) is 2.55. The van der Waals surface area contributed by atoms with Gasteiger partial charge in [0.05, 0.1) is 11.3 Å². The molecule has 0 atom stereocenters. The highest BCUT2D eigenvalue weighted by Gasteiger charge is 2.19. The van der Waals surface area contributed by atoms with Crippen molar-refractivity contribution >= 4 is 0 Å². The number of pyridine rings is 2. The third-order valence-corrected chi connectivity index (χ3v) is 3.77. The van der Waals surface area contributed by atoms with E-state index in [1.165, 1.54) is 0 Å². The molecule has 3 rings (SSSR count). The summed E-state index contributed by atoms with van der Waals surface area (Å²) in [4.78, 5) is 17.1. The maximum absolute atomic E-state index is 13.0. The number of nitrogens with zero attached hydrogens (tertiary/aromatic N) is 2. The van der Waals surface area contributed by atoms with Gasteiger partial charge in [0.1, 0.15) is 5.75 Å². The Bertz CT molecular complexity index is 869. The van der Waals surface area contributed by atoms with Crippen molar-refractivity contribution in [3.05, 3.63) is 76.8 Å². The van der Waals surface area contributed by atoms with Crippen LogP contribution in [0.15, 0.2) is 65.7 Å². The zero-order chi connectivity index (χ0) is 16.4. The van der Waals surface area contributed by atoms with Gasteiger partial charge < -0.3 is 5.11 Å². The summed E-state index contributed by atoms with van der Waals surface area (Å²) in [6, 6.07) is 14.7. The fourth-order valence-corrected chi connectivity index (χ4v) is 2.71. The molecule has 0 aliphatic rings. The molecule has 0 aliphatic carbocycles. The fraction of sp³-hybridized carbons (Fsp3) is 0.158. The molecule has 0 bridgehead atoms. The molecule has 116 valence electrons. The Labute approximate surface area is 134 Å². The number of hydrogen-bond donors (Lipinski definition) is 1. The van der Waals surface area contributed by atoms with Crippen molar-refractivity contribution in [1.29, 1.82) is 0 Å². The second kappa shape index (κ2) is 6.08. The SMILES string of the molecule is CC(C)c1c(O)cc(-c2cccnc2)n(-c2ccccc2)c1=O. The van der Waals surface area contributed by atoms with Gasteiger partial charge in [-0.3, -0.25) is 14.3 Å². The summed E-state index contributed by atoms with van der Waals surface area (Å²) < 4.78 is 1.63. The second-order valence-corrected chi connectivity index (χ2v) is 5.70. The zero-order valence-electron chi connectivity index (χ0n) is 13.1. The predicted molar refractivity (Wildman–Crippen MR) is 91.0 cm³/mol. The van der Waals surface area contributed by atoms with Crippen molar-refractivity contribution in [3.8, 4) is 22.7 Å². The van der Waals surface area contributed by atoms with Crippen molar-refractivity contribution in [3.63, 3.8) is 0 Å². The van der Waals surface area contributed by atoms with Gasteiger partial charge in [0.25, 0.3) is 5.56 Å². The van der Waals surface area contributed by atoms with E-state index < -0.39 is 0 Å². The van der Waals surface area contributed by atoms with Gasteiger partial charge in [-0.25, -0.2) is 0 Å². The van der Waals surface area contributed by atoms with E-state index in [9.17, 15) is 9.90 Å². The highest BCUT2D eigenvalue weighted by atomic mass is 16.3. The molecule has 0 saturated heterocycles. The summed E-state index contributed by atoms with van der Waals surface area (Å²) in [6.45, 7) is 3.80. The average molecular weight is 306 g/mol. The first kappa shape index (κ1) is 15.0. The van der Waals surface area contributed by atoms with E-state index in [0.717, 1.165) is 11.3 Å². The van der Waals surface area contributed by atoms with E-state index in [-0.39, 0.29) is 17.2 Å². The third-order valence-electron chi connectivity index (χ3n) is 3.77. The van der Waals surface area contributed by atoms with E-state index >= 15 is 0 Å². The van der Waals surface area contributed by atoms with Gasteiger partial charge in [0.15, 0.2) is 0 Å². The molecule has 1 aromatic carbocycles. The van der Waals surface area contributed by atoms with Crippen molar-refractivity contribution in [2.75, 3.05) is 0 Å². The molecule has 0 radical (unpaired) electrons. The molecule has 2 heterocycles. The van der Waals surface area contributed by atoms with Crippen LogP contribution in [0.3, 0.4) is 0 Å². The molecule has 3 aromatic rings. The standard InChI is InChI=1S/C19H18N2O2/c1-13(2)18-17(22)11-16(14-7-6-10-20-12-14)21(19(18)23)15-8-4-3-5-9-15/h3-13,22H,1-2H3. The number of para-hydroxylation sites is 1. The summed E-state index contributed by atoms with van der Waals surface area (Å²) in [7, 11) is 0. The molecule has 23 heavy (non-hydrogen) atoms. The number of benzene rings is 1. The summed E-state index contributed by atoms with van der Waals surface area (Å²) in [5, 5.41) is 10.3. The van der Waals surface area contributed by atoms with Crippen LogP contribution in [0.5, 0.6) is 5.75 Å². The molecule has 1 N–H and O–H groups in total. The van der Waals surface area contributed by atoms with Gasteiger partial charge in [-0.05, 0) is 30.2 Å². The van der Waals surface area contributed by atoms with Crippen molar-refractivity contribution in [1.82, 2.24) is 9.55 Å². The lowest BCUT2D eigenvalue weighted by Gasteiger charge is -2.17. The Morgan fingerprint density at radius 1 is 1.09 bits per heavy atom. The number of rotatable bonds is 3. The van der Waals surface area contributed by atoms with Crippen molar-refractivity contribution < 1.29 is 5.11 Å². The van der Waals surface area contributed by atoms with Crippen LogP contribution in [0.2, 0.25) is 0 Å². The molecule has 0 amide bonds. The Balaban J connectivity index is 2.38. The van der Waals surface area contributed by atoms with Gasteiger partial charge >= 0.3 is 0 Å². The van der Waals surface area contributed by atoms with E-state index in [1.807, 2.05) is 56.3 Å². The predicted octanol–water partition coefficient (Wildman–Crippen LogP) is 3.73. The van der Waals surface area contributed by atoms with Crippen molar-refractivity contribution in [2.45, 2.75) is 19.8 Å². The molecule has 4 nitrogen and oxygen atoms in total. The van der Waals surface area contributed by atoms with E-state index in [2.05, 4.69) is 4.98 Å². The summed E-state index contributed by atoms with van der Waals surface area (Å²) in [5.74, 6) is -0.0450. The zero-order valence-corrected chi connectivity index (χ0v) is 13.1. The quantitative estimate of drug-likeness (QED) is 0.802.